The number of carbonyl (C=O) groups excluding carboxylic acids is 1. The van der Waals surface area contributed by atoms with Crippen LogP contribution in [0.3, 0.4) is 0 Å². The van der Waals surface area contributed by atoms with Gasteiger partial charge in [-0.25, -0.2) is 0 Å². The lowest BCUT2D eigenvalue weighted by Crippen LogP contribution is -2.39. The molecular formula is C12H24N2O2. The van der Waals surface area contributed by atoms with Crippen LogP contribution in [0, 0.1) is 5.92 Å². The molecule has 16 heavy (non-hydrogen) atoms. The number of ether oxygens (including phenoxy) is 1. The molecule has 1 heterocycles. The third kappa shape index (κ3) is 4.94. The van der Waals surface area contributed by atoms with Gasteiger partial charge in [0.2, 0.25) is 5.91 Å². The fourth-order valence-electron chi connectivity index (χ4n) is 1.92. The lowest BCUT2D eigenvalue weighted by molar-refractivity contribution is -0.122. The van der Waals surface area contributed by atoms with Gasteiger partial charge < -0.3 is 10.1 Å². The van der Waals surface area contributed by atoms with Crippen molar-refractivity contribution in [2.24, 2.45) is 5.92 Å². The first-order valence-electron chi connectivity index (χ1n) is 6.33. The van der Waals surface area contributed by atoms with E-state index in [1.54, 1.807) is 0 Å². The summed E-state index contributed by atoms with van der Waals surface area (Å²) in [6.07, 6.45) is 2.13. The number of nitrogens with one attached hydrogen (secondary N) is 1. The highest BCUT2D eigenvalue weighted by Gasteiger charge is 2.19. The predicted octanol–water partition coefficient (Wildman–Crippen LogP) is 0.871. The topological polar surface area (TPSA) is 41.6 Å². The molecule has 94 valence electrons. The van der Waals surface area contributed by atoms with Gasteiger partial charge in [-0.2, -0.15) is 0 Å². The smallest absolute Gasteiger partial charge is 0.234 e. The Morgan fingerprint density at radius 2 is 2.31 bits per heavy atom. The van der Waals surface area contributed by atoms with Gasteiger partial charge in [-0.1, -0.05) is 13.8 Å². The van der Waals surface area contributed by atoms with Crippen LogP contribution < -0.4 is 5.32 Å². The minimum atomic E-state index is 0.141. The predicted molar refractivity (Wildman–Crippen MR) is 64.3 cm³/mol. The van der Waals surface area contributed by atoms with Gasteiger partial charge in [0, 0.05) is 19.7 Å². The molecule has 1 rings (SSSR count). The summed E-state index contributed by atoms with van der Waals surface area (Å²) in [4.78, 5) is 13.8. The first kappa shape index (κ1) is 13.5. The molecule has 0 aromatic heterocycles. The van der Waals surface area contributed by atoms with Gasteiger partial charge in [0.1, 0.15) is 0 Å². The summed E-state index contributed by atoms with van der Waals surface area (Å²) in [6, 6.07) is 0. The first-order chi connectivity index (χ1) is 7.76. The molecule has 1 fully saturated rings. The minimum absolute atomic E-state index is 0.141. The van der Waals surface area contributed by atoms with E-state index >= 15 is 0 Å². The lowest BCUT2D eigenvalue weighted by Gasteiger charge is -2.22. The Labute approximate surface area is 98.3 Å². The maximum Gasteiger partial charge on any atom is 0.234 e. The molecule has 0 bridgehead atoms. The molecule has 0 spiro atoms. The second-order valence-electron chi connectivity index (χ2n) is 4.41. The summed E-state index contributed by atoms with van der Waals surface area (Å²) in [6.45, 7) is 9.11. The van der Waals surface area contributed by atoms with Crippen LogP contribution in [-0.2, 0) is 9.53 Å². The van der Waals surface area contributed by atoms with Crippen LogP contribution in [0.1, 0.15) is 26.7 Å². The SMILES string of the molecule is CCCNC(=O)CN(CC)CC1CCOC1. The van der Waals surface area contributed by atoms with Crippen LogP contribution in [-0.4, -0.2) is 50.2 Å². The standard InChI is InChI=1S/C12H24N2O2/c1-3-6-13-12(15)9-14(4-2)8-11-5-7-16-10-11/h11H,3-10H2,1-2H3,(H,13,15). The van der Waals surface area contributed by atoms with Gasteiger partial charge in [-0.05, 0) is 25.3 Å². The highest BCUT2D eigenvalue weighted by molar-refractivity contribution is 5.77. The van der Waals surface area contributed by atoms with E-state index in [1.165, 1.54) is 0 Å². The molecule has 1 N–H and O–H groups in total. The Morgan fingerprint density at radius 3 is 2.88 bits per heavy atom. The Morgan fingerprint density at radius 1 is 1.50 bits per heavy atom. The normalized spacial score (nSPS) is 20.3. The van der Waals surface area contributed by atoms with E-state index < -0.39 is 0 Å². The number of likely N-dealkylation sites (N-methyl/N-ethyl adjacent to an activating group) is 1. The average molecular weight is 228 g/mol. The molecule has 0 radical (unpaired) electrons. The summed E-state index contributed by atoms with van der Waals surface area (Å²) in [5.41, 5.74) is 0. The number of carbonyl (C=O) groups is 1. The van der Waals surface area contributed by atoms with E-state index in [4.69, 9.17) is 4.74 Å². The van der Waals surface area contributed by atoms with Gasteiger partial charge in [0.15, 0.2) is 0 Å². The number of nitrogens with zero attached hydrogens (tertiary/aromatic N) is 1. The molecule has 1 amide bonds. The van der Waals surface area contributed by atoms with E-state index in [9.17, 15) is 4.79 Å². The van der Waals surface area contributed by atoms with Gasteiger partial charge in [-0.3, -0.25) is 9.69 Å². The van der Waals surface area contributed by atoms with Crippen LogP contribution in [0.15, 0.2) is 0 Å². The molecular weight excluding hydrogens is 204 g/mol. The zero-order chi connectivity index (χ0) is 11.8. The summed E-state index contributed by atoms with van der Waals surface area (Å²) < 4.78 is 5.35. The molecule has 0 aromatic carbocycles. The Bertz CT molecular complexity index is 203. The molecule has 0 aromatic rings. The van der Waals surface area contributed by atoms with Crippen LogP contribution in [0.2, 0.25) is 0 Å². The first-order valence-corrected chi connectivity index (χ1v) is 6.33. The second-order valence-corrected chi connectivity index (χ2v) is 4.41. The molecule has 1 aliphatic heterocycles. The highest BCUT2D eigenvalue weighted by Crippen LogP contribution is 2.13. The molecule has 0 saturated carbocycles. The minimum Gasteiger partial charge on any atom is -0.381 e. The maximum atomic E-state index is 11.6. The fourth-order valence-corrected chi connectivity index (χ4v) is 1.92. The summed E-state index contributed by atoms with van der Waals surface area (Å²) in [5.74, 6) is 0.751. The van der Waals surface area contributed by atoms with Gasteiger partial charge in [0.05, 0.1) is 13.2 Å². The largest absolute Gasteiger partial charge is 0.381 e. The Hall–Kier alpha value is -0.610. The Balaban J connectivity index is 2.21. The van der Waals surface area contributed by atoms with Crippen molar-refractivity contribution in [1.82, 2.24) is 10.2 Å². The lowest BCUT2D eigenvalue weighted by atomic mass is 10.1. The quantitative estimate of drug-likeness (QED) is 0.703. The van der Waals surface area contributed by atoms with Gasteiger partial charge >= 0.3 is 0 Å². The van der Waals surface area contributed by atoms with Gasteiger partial charge in [-0.15, -0.1) is 0 Å². The van der Waals surface area contributed by atoms with Crippen molar-refractivity contribution in [2.75, 3.05) is 39.4 Å². The van der Waals surface area contributed by atoms with E-state index in [0.717, 1.165) is 45.7 Å². The zero-order valence-corrected chi connectivity index (χ0v) is 10.5. The summed E-state index contributed by atoms with van der Waals surface area (Å²) in [7, 11) is 0. The van der Waals surface area contributed by atoms with Crippen LogP contribution in [0.5, 0.6) is 0 Å². The molecule has 1 atom stereocenters. The Kier molecular flexibility index (Phi) is 6.42. The zero-order valence-electron chi connectivity index (χ0n) is 10.5. The van der Waals surface area contributed by atoms with Crippen molar-refractivity contribution in [3.05, 3.63) is 0 Å². The number of rotatable bonds is 7. The molecule has 1 aliphatic rings. The third-order valence-corrected chi connectivity index (χ3v) is 2.93. The van der Waals surface area contributed by atoms with Crippen LogP contribution in [0.4, 0.5) is 0 Å². The van der Waals surface area contributed by atoms with Crippen molar-refractivity contribution in [3.63, 3.8) is 0 Å². The number of hydrogen-bond acceptors (Lipinski definition) is 3. The van der Waals surface area contributed by atoms with Crippen molar-refractivity contribution >= 4 is 5.91 Å². The fraction of sp³-hybridized carbons (Fsp3) is 0.917. The average Bonchev–Trinajstić information content (AvgIpc) is 2.78. The molecule has 1 unspecified atom stereocenters. The van der Waals surface area contributed by atoms with Crippen molar-refractivity contribution in [3.8, 4) is 0 Å². The highest BCUT2D eigenvalue weighted by atomic mass is 16.5. The van der Waals surface area contributed by atoms with E-state index in [0.29, 0.717) is 12.5 Å². The van der Waals surface area contributed by atoms with Gasteiger partial charge in [0.25, 0.3) is 0 Å². The monoisotopic (exact) mass is 228 g/mol. The van der Waals surface area contributed by atoms with Crippen molar-refractivity contribution in [2.45, 2.75) is 26.7 Å². The van der Waals surface area contributed by atoms with E-state index in [1.807, 2.05) is 0 Å². The maximum absolute atomic E-state index is 11.6. The van der Waals surface area contributed by atoms with Crippen LogP contribution in [0.25, 0.3) is 0 Å². The van der Waals surface area contributed by atoms with Crippen LogP contribution >= 0.6 is 0 Å². The molecule has 4 nitrogen and oxygen atoms in total. The van der Waals surface area contributed by atoms with E-state index in [2.05, 4.69) is 24.1 Å². The van der Waals surface area contributed by atoms with Crippen molar-refractivity contribution in [1.29, 1.82) is 0 Å². The summed E-state index contributed by atoms with van der Waals surface area (Å²) in [5, 5.41) is 2.91. The molecule has 0 aliphatic carbocycles. The van der Waals surface area contributed by atoms with Crippen molar-refractivity contribution < 1.29 is 9.53 Å². The molecule has 4 heteroatoms. The second kappa shape index (κ2) is 7.63. The molecule has 1 saturated heterocycles. The third-order valence-electron chi connectivity index (χ3n) is 2.93. The van der Waals surface area contributed by atoms with E-state index in [-0.39, 0.29) is 5.91 Å². The number of hydrogen-bond donors (Lipinski definition) is 1. The summed E-state index contributed by atoms with van der Waals surface area (Å²) >= 11 is 0. The number of amides is 1.